The molecule has 0 bridgehead atoms. The van der Waals surface area contributed by atoms with E-state index in [4.69, 9.17) is 9.47 Å². The zero-order chi connectivity index (χ0) is 13.4. The highest BCUT2D eigenvalue weighted by Gasteiger charge is 2.32. The highest BCUT2D eigenvalue weighted by atomic mass is 79.9. The molecule has 0 radical (unpaired) electrons. The van der Waals surface area contributed by atoms with Gasteiger partial charge in [-0.1, -0.05) is 22.9 Å². The predicted molar refractivity (Wildman–Crippen MR) is 79.2 cm³/mol. The minimum Gasteiger partial charge on any atom is -0.490 e. The van der Waals surface area contributed by atoms with Crippen molar-refractivity contribution in [1.29, 1.82) is 0 Å². The topological polar surface area (TPSA) is 30.5 Å². The third-order valence-electron chi connectivity index (χ3n) is 4.14. The molecule has 1 aromatic rings. The lowest BCUT2D eigenvalue weighted by Crippen LogP contribution is -2.24. The van der Waals surface area contributed by atoms with Gasteiger partial charge >= 0.3 is 0 Å². The number of halogens is 1. The van der Waals surface area contributed by atoms with Crippen LogP contribution in [0.3, 0.4) is 0 Å². The summed E-state index contributed by atoms with van der Waals surface area (Å²) in [5.41, 5.74) is 2.68. The molecule has 1 aromatic carbocycles. The summed E-state index contributed by atoms with van der Waals surface area (Å²) in [4.78, 5) is 0. The van der Waals surface area contributed by atoms with Gasteiger partial charge in [0.25, 0.3) is 0 Å². The van der Waals surface area contributed by atoms with Crippen LogP contribution >= 0.6 is 15.9 Å². The van der Waals surface area contributed by atoms with E-state index in [1.807, 2.05) is 7.05 Å². The maximum atomic E-state index is 6.00. The summed E-state index contributed by atoms with van der Waals surface area (Å²) in [6.45, 7) is 3.77. The number of hydrogen-bond donors (Lipinski definition) is 1. The van der Waals surface area contributed by atoms with Gasteiger partial charge in [-0.05, 0) is 37.4 Å². The van der Waals surface area contributed by atoms with E-state index in [0.29, 0.717) is 12.0 Å². The molecule has 3 rings (SSSR count). The Kier molecular flexibility index (Phi) is 3.72. The van der Waals surface area contributed by atoms with Crippen molar-refractivity contribution in [3.8, 4) is 11.5 Å². The molecule has 0 spiro atoms. The summed E-state index contributed by atoms with van der Waals surface area (Å²) in [6.07, 6.45) is 3.30. The van der Waals surface area contributed by atoms with Crippen molar-refractivity contribution >= 4 is 15.9 Å². The molecular formula is C15H20BrNO2. The molecule has 0 amide bonds. The molecule has 2 unspecified atom stereocenters. The fourth-order valence-electron chi connectivity index (χ4n) is 3.15. The first-order valence-electron chi connectivity index (χ1n) is 7.01. The van der Waals surface area contributed by atoms with Crippen LogP contribution in [-0.2, 0) is 0 Å². The van der Waals surface area contributed by atoms with E-state index in [-0.39, 0.29) is 0 Å². The molecule has 1 aliphatic heterocycles. The van der Waals surface area contributed by atoms with Crippen LogP contribution in [0.5, 0.6) is 11.5 Å². The fourth-order valence-corrected chi connectivity index (χ4v) is 3.97. The number of ether oxygens (including phenoxy) is 2. The lowest BCUT2D eigenvalue weighted by Gasteiger charge is -2.32. The van der Waals surface area contributed by atoms with Crippen LogP contribution in [0.2, 0.25) is 0 Å². The zero-order valence-corrected chi connectivity index (χ0v) is 13.0. The van der Waals surface area contributed by atoms with Gasteiger partial charge in [0, 0.05) is 22.5 Å². The Labute approximate surface area is 122 Å². The monoisotopic (exact) mass is 325 g/mol. The minimum absolute atomic E-state index is 0.360. The second-order valence-electron chi connectivity index (χ2n) is 5.38. The third kappa shape index (κ3) is 2.25. The Morgan fingerprint density at radius 1 is 1.21 bits per heavy atom. The molecule has 0 saturated heterocycles. The van der Waals surface area contributed by atoms with Crippen LogP contribution in [0.1, 0.15) is 49.3 Å². The average Bonchev–Trinajstić information content (AvgIpc) is 2.64. The third-order valence-corrected chi connectivity index (χ3v) is 4.80. The fraction of sp³-hybridized carbons (Fsp3) is 0.600. The second-order valence-corrected chi connectivity index (χ2v) is 6.24. The van der Waals surface area contributed by atoms with E-state index in [0.717, 1.165) is 42.0 Å². The van der Waals surface area contributed by atoms with Gasteiger partial charge in [0.15, 0.2) is 11.5 Å². The van der Waals surface area contributed by atoms with Crippen molar-refractivity contribution in [3.63, 3.8) is 0 Å². The van der Waals surface area contributed by atoms with E-state index in [9.17, 15) is 0 Å². The van der Waals surface area contributed by atoms with E-state index in [2.05, 4.69) is 34.2 Å². The maximum Gasteiger partial charge on any atom is 0.166 e. The van der Waals surface area contributed by atoms with Crippen LogP contribution in [-0.4, -0.2) is 20.3 Å². The second kappa shape index (κ2) is 5.33. The van der Waals surface area contributed by atoms with Crippen LogP contribution in [0, 0.1) is 0 Å². The Morgan fingerprint density at radius 2 is 2.00 bits per heavy atom. The Bertz CT molecular complexity index is 490. The largest absolute Gasteiger partial charge is 0.490 e. The lowest BCUT2D eigenvalue weighted by atomic mass is 9.80. The molecule has 104 valence electrons. The van der Waals surface area contributed by atoms with E-state index in [1.165, 1.54) is 17.5 Å². The van der Waals surface area contributed by atoms with Gasteiger partial charge in [-0.2, -0.15) is 0 Å². The van der Waals surface area contributed by atoms with Gasteiger partial charge in [0.2, 0.25) is 0 Å². The number of benzene rings is 1. The van der Waals surface area contributed by atoms with Crippen LogP contribution in [0.4, 0.5) is 0 Å². The first-order chi connectivity index (χ1) is 9.22. The van der Waals surface area contributed by atoms with Crippen molar-refractivity contribution in [2.45, 2.75) is 38.1 Å². The van der Waals surface area contributed by atoms with Gasteiger partial charge in [0.05, 0.1) is 13.2 Å². The van der Waals surface area contributed by atoms with Gasteiger partial charge in [-0.3, -0.25) is 0 Å². The summed E-state index contributed by atoms with van der Waals surface area (Å²) in [7, 11) is 2.02. The van der Waals surface area contributed by atoms with E-state index >= 15 is 0 Å². The molecule has 1 aliphatic carbocycles. The van der Waals surface area contributed by atoms with Gasteiger partial charge in [-0.15, -0.1) is 0 Å². The first kappa shape index (κ1) is 13.3. The van der Waals surface area contributed by atoms with E-state index < -0.39 is 0 Å². The maximum absolute atomic E-state index is 6.00. The number of rotatable bonds is 1. The van der Waals surface area contributed by atoms with E-state index in [1.54, 1.807) is 0 Å². The summed E-state index contributed by atoms with van der Waals surface area (Å²) in [6, 6.07) is 2.44. The predicted octanol–water partition coefficient (Wildman–Crippen LogP) is 3.77. The Hall–Kier alpha value is -0.740. The summed E-state index contributed by atoms with van der Waals surface area (Å²) in [5, 5.41) is 3.42. The number of hydrogen-bond acceptors (Lipinski definition) is 3. The molecule has 2 aliphatic rings. The molecule has 3 nitrogen and oxygen atoms in total. The first-order valence-corrected chi connectivity index (χ1v) is 7.80. The van der Waals surface area contributed by atoms with Crippen LogP contribution in [0.15, 0.2) is 10.5 Å². The standard InChI is InChI=1S/C15H20BrNO2/c1-9-4-5-11(17-2)14-13(9)10(16)8-12-15(14)19-7-3-6-18-12/h8-9,11,17H,3-7H2,1-2H3. The van der Waals surface area contributed by atoms with Crippen molar-refractivity contribution in [2.24, 2.45) is 0 Å². The molecule has 4 heteroatoms. The average molecular weight is 326 g/mol. The number of fused-ring (bicyclic) bond motifs is 3. The SMILES string of the molecule is CNC1CCC(C)c2c(Br)cc3c(c21)OCCCO3. The highest BCUT2D eigenvalue weighted by Crippen LogP contribution is 2.50. The number of nitrogens with one attached hydrogen (secondary N) is 1. The smallest absolute Gasteiger partial charge is 0.166 e. The van der Waals surface area contributed by atoms with Gasteiger partial charge < -0.3 is 14.8 Å². The highest BCUT2D eigenvalue weighted by molar-refractivity contribution is 9.10. The van der Waals surface area contributed by atoms with Gasteiger partial charge in [-0.25, -0.2) is 0 Å². The van der Waals surface area contributed by atoms with Crippen molar-refractivity contribution in [3.05, 3.63) is 21.7 Å². The molecule has 19 heavy (non-hydrogen) atoms. The van der Waals surface area contributed by atoms with Crippen molar-refractivity contribution < 1.29 is 9.47 Å². The van der Waals surface area contributed by atoms with Crippen molar-refractivity contribution in [2.75, 3.05) is 20.3 Å². The quantitative estimate of drug-likeness (QED) is 0.852. The summed E-state index contributed by atoms with van der Waals surface area (Å²) < 4.78 is 13.0. The summed E-state index contributed by atoms with van der Waals surface area (Å²) in [5.74, 6) is 2.41. The Morgan fingerprint density at radius 3 is 2.79 bits per heavy atom. The molecule has 1 N–H and O–H groups in total. The minimum atomic E-state index is 0.360. The molecule has 2 atom stereocenters. The van der Waals surface area contributed by atoms with Gasteiger partial charge in [0.1, 0.15) is 0 Å². The molecule has 0 fully saturated rings. The molecule has 0 saturated carbocycles. The zero-order valence-electron chi connectivity index (χ0n) is 11.5. The lowest BCUT2D eigenvalue weighted by molar-refractivity contribution is 0.294. The summed E-state index contributed by atoms with van der Waals surface area (Å²) >= 11 is 3.72. The van der Waals surface area contributed by atoms with Crippen LogP contribution < -0.4 is 14.8 Å². The molecule has 1 heterocycles. The normalized spacial score (nSPS) is 25.6. The van der Waals surface area contributed by atoms with Crippen LogP contribution in [0.25, 0.3) is 0 Å². The Balaban J connectivity index is 2.20. The molecular weight excluding hydrogens is 306 g/mol. The molecule has 0 aromatic heterocycles. The van der Waals surface area contributed by atoms with Crippen molar-refractivity contribution in [1.82, 2.24) is 5.32 Å².